The van der Waals surface area contributed by atoms with Gasteiger partial charge in [0.05, 0.1) is 11.4 Å². The first-order valence-electron chi connectivity index (χ1n) is 10.2. The van der Waals surface area contributed by atoms with E-state index in [-0.39, 0.29) is 11.8 Å². The van der Waals surface area contributed by atoms with Crippen LogP contribution in [0.5, 0.6) is 0 Å². The highest BCUT2D eigenvalue weighted by Gasteiger charge is 2.31. The van der Waals surface area contributed by atoms with E-state index in [2.05, 4.69) is 27.8 Å². The van der Waals surface area contributed by atoms with Crippen molar-refractivity contribution in [3.63, 3.8) is 0 Å². The fraction of sp³-hybridized carbons (Fsp3) is 0.348. The van der Waals surface area contributed by atoms with Crippen LogP contribution in [0.3, 0.4) is 0 Å². The molecule has 1 aromatic heterocycles. The predicted molar refractivity (Wildman–Crippen MR) is 133 cm³/mol. The number of thioether (sulfide) groups is 1. The Morgan fingerprint density at radius 1 is 1.35 bits per heavy atom. The van der Waals surface area contributed by atoms with E-state index in [0.717, 1.165) is 49.5 Å². The van der Waals surface area contributed by atoms with Gasteiger partial charge in [-0.2, -0.15) is 0 Å². The lowest BCUT2D eigenvalue weighted by molar-refractivity contribution is 0.0852. The summed E-state index contributed by atoms with van der Waals surface area (Å²) >= 11 is 10.3. The van der Waals surface area contributed by atoms with Gasteiger partial charge in [0.15, 0.2) is 5.58 Å². The number of rotatable bonds is 3. The monoisotopic (exact) mass is 518 g/mol. The molecule has 5 nitrogen and oxygen atoms in total. The van der Waals surface area contributed by atoms with Crippen LogP contribution in [0.15, 0.2) is 67.2 Å². The maximum atomic E-state index is 13.5. The summed E-state index contributed by atoms with van der Waals surface area (Å²) in [5.41, 5.74) is 1.91. The van der Waals surface area contributed by atoms with Crippen LogP contribution in [0.1, 0.15) is 37.4 Å². The molecule has 1 aliphatic carbocycles. The molecule has 31 heavy (non-hydrogen) atoms. The fourth-order valence-corrected chi connectivity index (χ4v) is 5.82. The van der Waals surface area contributed by atoms with E-state index in [1.165, 1.54) is 11.8 Å². The Morgan fingerprint density at radius 3 is 2.81 bits per heavy atom. The average molecular weight is 519 g/mol. The van der Waals surface area contributed by atoms with E-state index in [1.807, 2.05) is 19.1 Å². The third-order valence-corrected chi connectivity index (χ3v) is 7.71. The van der Waals surface area contributed by atoms with Crippen molar-refractivity contribution in [2.45, 2.75) is 38.6 Å². The number of carbonyl (C=O) groups excluding carboxylic acids is 1. The van der Waals surface area contributed by atoms with Crippen molar-refractivity contribution >= 4 is 61.2 Å². The molecule has 1 fully saturated rings. The van der Waals surface area contributed by atoms with Crippen LogP contribution in [-0.2, 0) is 0 Å². The minimum atomic E-state index is -0.654. The van der Waals surface area contributed by atoms with Gasteiger partial charge in [-0.1, -0.05) is 64.2 Å². The molecule has 1 aromatic carbocycles. The standard InChI is InChI=1S/C23H23BrN2O3S2/c1-3-17-9-10-18(14-4-7-16(8-5-14)25-22(30)31-17)13(2)21(27)26-19-11-6-15(24)12-20(19)29-23(26)28/h3,6,9-14,16H,1,4-5,7-8H2,2H3,(H,25,30)/b17-9+,18-10-. The zero-order valence-corrected chi connectivity index (χ0v) is 20.3. The van der Waals surface area contributed by atoms with Crippen LogP contribution in [0, 0.1) is 11.8 Å². The molecule has 0 spiro atoms. The number of aromatic nitrogens is 1. The highest BCUT2D eigenvalue weighted by molar-refractivity contribution is 9.10. The Bertz CT molecular complexity index is 1170. The molecule has 1 unspecified atom stereocenters. The van der Waals surface area contributed by atoms with Crippen molar-refractivity contribution in [2.75, 3.05) is 0 Å². The third kappa shape index (κ3) is 4.66. The normalized spacial score (nSPS) is 26.2. The van der Waals surface area contributed by atoms with Gasteiger partial charge in [-0.05, 0) is 62.8 Å². The molecule has 3 aliphatic rings. The maximum absolute atomic E-state index is 13.5. The number of carbonyl (C=O) groups is 1. The van der Waals surface area contributed by atoms with E-state index in [4.69, 9.17) is 16.6 Å². The summed E-state index contributed by atoms with van der Waals surface area (Å²) in [7, 11) is 0. The SMILES string of the molecule is C=C/C1=C\C=C(\C(C)C(=O)n2c(=O)oc3cc(Br)ccc32)C2CCC(CC2)NC(=S)S1. The Labute approximate surface area is 198 Å². The number of allylic oxidation sites excluding steroid dienone is 4. The van der Waals surface area contributed by atoms with Gasteiger partial charge in [0.2, 0.25) is 5.91 Å². The maximum Gasteiger partial charge on any atom is 0.426 e. The lowest BCUT2D eigenvalue weighted by atomic mass is 9.77. The van der Waals surface area contributed by atoms with Crippen LogP contribution in [0.2, 0.25) is 0 Å². The first kappa shape index (κ1) is 22.3. The summed E-state index contributed by atoms with van der Waals surface area (Å²) in [6.07, 6.45) is 9.70. The third-order valence-electron chi connectivity index (χ3n) is 6.01. The topological polar surface area (TPSA) is 64.2 Å². The van der Waals surface area contributed by atoms with Gasteiger partial charge in [-0.25, -0.2) is 9.36 Å². The summed E-state index contributed by atoms with van der Waals surface area (Å²) in [4.78, 5) is 26.9. The largest absolute Gasteiger partial charge is 0.426 e. The summed E-state index contributed by atoms with van der Waals surface area (Å²) < 4.78 is 8.03. The number of hydrogen-bond acceptors (Lipinski definition) is 5. The molecule has 0 saturated heterocycles. The molecule has 8 heteroatoms. The number of benzene rings is 1. The molecule has 2 aliphatic heterocycles. The molecule has 1 N–H and O–H groups in total. The van der Waals surface area contributed by atoms with Gasteiger partial charge < -0.3 is 9.73 Å². The minimum absolute atomic E-state index is 0.274. The summed E-state index contributed by atoms with van der Waals surface area (Å²) in [5, 5.41) is 3.44. The second-order valence-electron chi connectivity index (χ2n) is 7.90. The Hall–Kier alpha value is -1.90. The lowest BCUT2D eigenvalue weighted by Gasteiger charge is -2.32. The quantitative estimate of drug-likeness (QED) is 0.517. The Morgan fingerprint density at radius 2 is 2.10 bits per heavy atom. The van der Waals surface area contributed by atoms with Gasteiger partial charge in [-0.3, -0.25) is 4.79 Å². The number of nitrogens with zero attached hydrogens (tertiary/aromatic N) is 1. The molecule has 1 saturated carbocycles. The van der Waals surface area contributed by atoms with E-state index < -0.39 is 11.7 Å². The van der Waals surface area contributed by atoms with Crippen molar-refractivity contribution in [1.82, 2.24) is 9.88 Å². The first-order valence-corrected chi connectivity index (χ1v) is 12.3. The van der Waals surface area contributed by atoms with Crippen molar-refractivity contribution in [2.24, 2.45) is 11.8 Å². The molecule has 5 rings (SSSR count). The molecule has 162 valence electrons. The van der Waals surface area contributed by atoms with Crippen molar-refractivity contribution < 1.29 is 9.21 Å². The van der Waals surface area contributed by atoms with Crippen LogP contribution < -0.4 is 11.1 Å². The van der Waals surface area contributed by atoms with Gasteiger partial charge in [0, 0.05) is 15.4 Å². The highest BCUT2D eigenvalue weighted by Crippen LogP contribution is 2.36. The average Bonchev–Trinajstić information content (AvgIpc) is 3.05. The van der Waals surface area contributed by atoms with Crippen LogP contribution in [0.4, 0.5) is 0 Å². The Balaban J connectivity index is 1.74. The van der Waals surface area contributed by atoms with Crippen molar-refractivity contribution in [3.8, 4) is 0 Å². The van der Waals surface area contributed by atoms with Crippen molar-refractivity contribution in [1.29, 1.82) is 0 Å². The van der Waals surface area contributed by atoms with Gasteiger partial charge in [0.1, 0.15) is 4.32 Å². The van der Waals surface area contributed by atoms with E-state index in [1.54, 1.807) is 24.3 Å². The van der Waals surface area contributed by atoms with Crippen LogP contribution >= 0.6 is 39.9 Å². The summed E-state index contributed by atoms with van der Waals surface area (Å²) in [5.74, 6) is -1.11. The smallest absolute Gasteiger partial charge is 0.407 e. The van der Waals surface area contributed by atoms with Crippen molar-refractivity contribution in [3.05, 3.63) is 68.5 Å². The second-order valence-corrected chi connectivity index (χ2v) is 10.6. The number of hydrogen-bond donors (Lipinski definition) is 1. The molecular formula is C23H23BrN2O3S2. The number of oxazole rings is 1. The number of nitrogens with one attached hydrogen (secondary N) is 1. The predicted octanol–water partition coefficient (Wildman–Crippen LogP) is 5.81. The van der Waals surface area contributed by atoms with Gasteiger partial charge in [-0.15, -0.1) is 0 Å². The Kier molecular flexibility index (Phi) is 6.69. The van der Waals surface area contributed by atoms with E-state index >= 15 is 0 Å². The number of thiocarbonyl (C=S) groups is 1. The van der Waals surface area contributed by atoms with Gasteiger partial charge >= 0.3 is 5.76 Å². The second kappa shape index (κ2) is 9.30. The fourth-order valence-electron chi connectivity index (χ4n) is 4.37. The molecule has 0 amide bonds. The summed E-state index contributed by atoms with van der Waals surface area (Å²) in [6.45, 7) is 5.76. The summed E-state index contributed by atoms with van der Waals surface area (Å²) in [6, 6.07) is 5.58. The highest BCUT2D eigenvalue weighted by atomic mass is 79.9. The molecular weight excluding hydrogens is 496 g/mol. The minimum Gasteiger partial charge on any atom is -0.407 e. The van der Waals surface area contributed by atoms with Crippen LogP contribution in [-0.4, -0.2) is 20.8 Å². The molecule has 0 radical (unpaired) electrons. The zero-order valence-electron chi connectivity index (χ0n) is 17.1. The van der Waals surface area contributed by atoms with E-state index in [9.17, 15) is 9.59 Å². The molecule has 2 aromatic rings. The zero-order chi connectivity index (χ0) is 22.1. The first-order chi connectivity index (χ1) is 14.9. The van der Waals surface area contributed by atoms with Crippen LogP contribution in [0.25, 0.3) is 11.1 Å². The van der Waals surface area contributed by atoms with E-state index in [0.29, 0.717) is 17.1 Å². The molecule has 3 heterocycles. The number of halogens is 1. The number of fused-ring (bicyclic) bond motifs is 7. The van der Waals surface area contributed by atoms with Gasteiger partial charge in [0.25, 0.3) is 0 Å². The lowest BCUT2D eigenvalue weighted by Crippen LogP contribution is -2.37. The molecule has 2 bridgehead atoms. The molecule has 1 atom stereocenters.